The van der Waals surface area contributed by atoms with Crippen molar-refractivity contribution >= 4 is 5.97 Å². The first-order valence-corrected chi connectivity index (χ1v) is 8.81. The van der Waals surface area contributed by atoms with Crippen molar-refractivity contribution in [2.45, 2.75) is 39.7 Å². The fourth-order valence-electron chi connectivity index (χ4n) is 2.89. The van der Waals surface area contributed by atoms with Crippen LogP contribution in [0.1, 0.15) is 47.8 Å². The number of rotatable bonds is 7. The highest BCUT2D eigenvalue weighted by atomic mass is 16.4. The van der Waals surface area contributed by atoms with Gasteiger partial charge in [0, 0.05) is 37.3 Å². The number of pyridine rings is 1. The number of aromatic carboxylic acids is 1. The molecule has 3 rings (SSSR count). The van der Waals surface area contributed by atoms with Crippen LogP contribution in [0.25, 0.3) is 11.1 Å². The van der Waals surface area contributed by atoms with E-state index in [-0.39, 0.29) is 5.56 Å². The second-order valence-electron chi connectivity index (χ2n) is 6.12. The van der Waals surface area contributed by atoms with Crippen LogP contribution < -0.4 is 0 Å². The first kappa shape index (κ1) is 17.8. The molecule has 2 aromatic heterocycles. The molecule has 0 spiro atoms. The monoisotopic (exact) mass is 350 g/mol. The summed E-state index contributed by atoms with van der Waals surface area (Å²) in [6, 6.07) is 9.39. The molecule has 0 aliphatic heterocycles. The molecule has 0 fully saturated rings. The average Bonchev–Trinajstić information content (AvgIpc) is 3.04. The van der Waals surface area contributed by atoms with Gasteiger partial charge in [0.25, 0.3) is 0 Å². The third-order valence-corrected chi connectivity index (χ3v) is 4.22. The molecule has 0 bridgehead atoms. The van der Waals surface area contributed by atoms with Crippen LogP contribution in [0, 0.1) is 0 Å². The summed E-state index contributed by atoms with van der Waals surface area (Å²) in [5.41, 5.74) is 2.82. The number of carboxylic acids is 1. The average molecular weight is 350 g/mol. The topological polar surface area (TPSA) is 80.9 Å². The Bertz CT molecular complexity index is 900. The van der Waals surface area contributed by atoms with Gasteiger partial charge in [-0.15, -0.1) is 0 Å². The Labute approximate surface area is 152 Å². The maximum absolute atomic E-state index is 11.4. The maximum atomic E-state index is 11.4. The van der Waals surface area contributed by atoms with E-state index in [1.807, 2.05) is 28.9 Å². The smallest absolute Gasteiger partial charge is 0.336 e. The fraction of sp³-hybridized carbons (Fsp3) is 0.300. The van der Waals surface area contributed by atoms with E-state index in [4.69, 9.17) is 0 Å². The van der Waals surface area contributed by atoms with E-state index in [9.17, 15) is 9.90 Å². The molecule has 0 aliphatic rings. The molecule has 3 aromatic rings. The van der Waals surface area contributed by atoms with Crippen molar-refractivity contribution in [3.05, 3.63) is 65.5 Å². The lowest BCUT2D eigenvalue weighted by Crippen LogP contribution is -2.06. The van der Waals surface area contributed by atoms with Gasteiger partial charge in [0.05, 0.1) is 5.56 Å². The van der Waals surface area contributed by atoms with E-state index in [0.717, 1.165) is 42.2 Å². The molecule has 0 aliphatic carbocycles. The zero-order valence-electron chi connectivity index (χ0n) is 15.0. The Kier molecular flexibility index (Phi) is 5.41. The van der Waals surface area contributed by atoms with E-state index in [1.165, 1.54) is 12.3 Å². The molecule has 0 saturated heterocycles. The minimum absolute atomic E-state index is 0.253. The van der Waals surface area contributed by atoms with Crippen LogP contribution in [0.2, 0.25) is 0 Å². The van der Waals surface area contributed by atoms with E-state index in [1.54, 1.807) is 6.20 Å². The van der Waals surface area contributed by atoms with Crippen LogP contribution in [0.4, 0.5) is 0 Å². The summed E-state index contributed by atoms with van der Waals surface area (Å²) in [5.74, 6) is 0.877. The van der Waals surface area contributed by atoms with Gasteiger partial charge in [0.2, 0.25) is 0 Å². The van der Waals surface area contributed by atoms with Gasteiger partial charge in [0.1, 0.15) is 5.82 Å². The molecule has 26 heavy (non-hydrogen) atoms. The minimum atomic E-state index is -0.953. The standard InChI is InChI=1S/C20H22N4O2/c1-3-11-24-19(22-18(4-2)23-24)12-14-5-7-15(8-6-14)17-13-21-10-9-16(17)20(25)26/h5-10,13H,3-4,11-12H2,1-2H3,(H,25,26). The van der Waals surface area contributed by atoms with Crippen molar-refractivity contribution in [2.75, 3.05) is 0 Å². The van der Waals surface area contributed by atoms with E-state index < -0.39 is 5.97 Å². The Morgan fingerprint density at radius 2 is 1.92 bits per heavy atom. The molecule has 6 nitrogen and oxygen atoms in total. The van der Waals surface area contributed by atoms with Gasteiger partial charge in [-0.2, -0.15) is 5.10 Å². The number of aryl methyl sites for hydroxylation is 2. The number of benzene rings is 1. The molecule has 0 radical (unpaired) electrons. The van der Waals surface area contributed by atoms with Crippen molar-refractivity contribution in [3.8, 4) is 11.1 Å². The molecule has 134 valence electrons. The third kappa shape index (κ3) is 3.79. The number of hydrogen-bond donors (Lipinski definition) is 1. The lowest BCUT2D eigenvalue weighted by atomic mass is 10.00. The summed E-state index contributed by atoms with van der Waals surface area (Å²) in [5, 5.41) is 13.9. The third-order valence-electron chi connectivity index (χ3n) is 4.22. The predicted octanol–water partition coefficient (Wildman–Crippen LogP) is 3.60. The van der Waals surface area contributed by atoms with Crippen LogP contribution in [0.15, 0.2) is 42.7 Å². The second-order valence-corrected chi connectivity index (χ2v) is 6.12. The number of carboxylic acid groups (broad SMARTS) is 1. The second kappa shape index (κ2) is 7.91. The normalized spacial score (nSPS) is 10.8. The van der Waals surface area contributed by atoms with Gasteiger partial charge < -0.3 is 5.11 Å². The quantitative estimate of drug-likeness (QED) is 0.704. The van der Waals surface area contributed by atoms with E-state index in [2.05, 4.69) is 28.9 Å². The summed E-state index contributed by atoms with van der Waals surface area (Å²) >= 11 is 0. The van der Waals surface area contributed by atoms with Crippen LogP contribution in [0.3, 0.4) is 0 Å². The summed E-state index contributed by atoms with van der Waals surface area (Å²) < 4.78 is 1.98. The molecule has 6 heteroatoms. The lowest BCUT2D eigenvalue weighted by molar-refractivity contribution is 0.0697. The maximum Gasteiger partial charge on any atom is 0.336 e. The van der Waals surface area contributed by atoms with Gasteiger partial charge in [-0.05, 0) is 23.6 Å². The summed E-state index contributed by atoms with van der Waals surface area (Å²) in [4.78, 5) is 20.1. The number of carbonyl (C=O) groups is 1. The van der Waals surface area contributed by atoms with Crippen molar-refractivity contribution in [3.63, 3.8) is 0 Å². The van der Waals surface area contributed by atoms with Gasteiger partial charge in [-0.25, -0.2) is 14.5 Å². The molecular formula is C20H22N4O2. The summed E-state index contributed by atoms with van der Waals surface area (Å²) in [7, 11) is 0. The van der Waals surface area contributed by atoms with E-state index >= 15 is 0 Å². The van der Waals surface area contributed by atoms with Gasteiger partial charge in [-0.3, -0.25) is 4.98 Å². The Morgan fingerprint density at radius 1 is 1.15 bits per heavy atom. The zero-order valence-corrected chi connectivity index (χ0v) is 15.0. The molecule has 1 N–H and O–H groups in total. The van der Waals surface area contributed by atoms with Crippen molar-refractivity contribution in [1.29, 1.82) is 0 Å². The predicted molar refractivity (Wildman–Crippen MR) is 99.1 cm³/mol. The van der Waals surface area contributed by atoms with E-state index in [0.29, 0.717) is 12.0 Å². The van der Waals surface area contributed by atoms with Gasteiger partial charge in [0.15, 0.2) is 5.82 Å². The molecule has 1 aromatic carbocycles. The van der Waals surface area contributed by atoms with Crippen molar-refractivity contribution < 1.29 is 9.90 Å². The highest BCUT2D eigenvalue weighted by Gasteiger charge is 2.12. The van der Waals surface area contributed by atoms with Crippen LogP contribution in [-0.4, -0.2) is 30.8 Å². The highest BCUT2D eigenvalue weighted by molar-refractivity contribution is 5.95. The highest BCUT2D eigenvalue weighted by Crippen LogP contribution is 2.24. The number of hydrogen-bond acceptors (Lipinski definition) is 4. The van der Waals surface area contributed by atoms with Crippen LogP contribution in [-0.2, 0) is 19.4 Å². The van der Waals surface area contributed by atoms with Crippen LogP contribution in [0.5, 0.6) is 0 Å². The first-order valence-electron chi connectivity index (χ1n) is 8.81. The molecule has 0 unspecified atom stereocenters. The summed E-state index contributed by atoms with van der Waals surface area (Å²) in [6.45, 7) is 5.04. The minimum Gasteiger partial charge on any atom is -0.478 e. The number of nitrogens with zero attached hydrogens (tertiary/aromatic N) is 4. The number of aromatic nitrogens is 4. The Morgan fingerprint density at radius 3 is 2.58 bits per heavy atom. The Hall–Kier alpha value is -3.02. The molecule has 0 saturated carbocycles. The van der Waals surface area contributed by atoms with Crippen molar-refractivity contribution in [1.82, 2.24) is 19.7 Å². The van der Waals surface area contributed by atoms with Crippen molar-refractivity contribution in [2.24, 2.45) is 0 Å². The fourth-order valence-corrected chi connectivity index (χ4v) is 2.89. The molecular weight excluding hydrogens is 328 g/mol. The van der Waals surface area contributed by atoms with Crippen LogP contribution >= 0.6 is 0 Å². The molecule has 0 atom stereocenters. The first-order chi connectivity index (χ1) is 12.6. The zero-order chi connectivity index (χ0) is 18.5. The summed E-state index contributed by atoms with van der Waals surface area (Å²) in [6.07, 6.45) is 5.61. The lowest BCUT2D eigenvalue weighted by Gasteiger charge is -2.08. The largest absolute Gasteiger partial charge is 0.478 e. The van der Waals surface area contributed by atoms with Gasteiger partial charge in [-0.1, -0.05) is 38.1 Å². The molecule has 0 amide bonds. The Balaban J connectivity index is 1.85. The SMILES string of the molecule is CCCn1nc(CC)nc1Cc1ccc(-c2cnccc2C(=O)O)cc1. The molecule has 2 heterocycles. The van der Waals surface area contributed by atoms with Gasteiger partial charge >= 0.3 is 5.97 Å².